The second kappa shape index (κ2) is 3.06. The van der Waals surface area contributed by atoms with Crippen LogP contribution in [-0.2, 0) is 0 Å². The molecule has 0 aliphatic heterocycles. The number of aryl methyl sites for hydroxylation is 1. The molecule has 0 N–H and O–H groups in total. The van der Waals surface area contributed by atoms with Gasteiger partial charge < -0.3 is 4.90 Å². The summed E-state index contributed by atoms with van der Waals surface area (Å²) in [5, 5.41) is 0. The Morgan fingerprint density at radius 1 is 1.23 bits per heavy atom. The Morgan fingerprint density at radius 3 is 2.46 bits per heavy atom. The van der Waals surface area contributed by atoms with Crippen molar-refractivity contribution in [3.8, 4) is 0 Å². The molecule has 1 aromatic rings. The van der Waals surface area contributed by atoms with Crippen LogP contribution in [-0.4, -0.2) is 14.1 Å². The minimum absolute atomic E-state index is 0.845. The van der Waals surface area contributed by atoms with Crippen LogP contribution >= 0.6 is 0 Å². The molecule has 13 heavy (non-hydrogen) atoms. The monoisotopic (exact) mass is 175 g/mol. The molecule has 2 rings (SSSR count). The number of nitrogens with zero attached hydrogens (tertiary/aromatic N) is 1. The van der Waals surface area contributed by atoms with Crippen molar-refractivity contribution in [1.29, 1.82) is 0 Å². The van der Waals surface area contributed by atoms with Gasteiger partial charge in [-0.1, -0.05) is 18.2 Å². The van der Waals surface area contributed by atoms with Crippen LogP contribution in [0.5, 0.6) is 0 Å². The molecular formula is C12H17N. The van der Waals surface area contributed by atoms with Crippen molar-refractivity contribution in [3.63, 3.8) is 0 Å². The molecule has 1 fully saturated rings. The third-order valence-corrected chi connectivity index (χ3v) is 2.73. The third-order valence-electron chi connectivity index (χ3n) is 2.73. The maximum absolute atomic E-state index is 2.28. The summed E-state index contributed by atoms with van der Waals surface area (Å²) in [6.45, 7) is 2.20. The van der Waals surface area contributed by atoms with Gasteiger partial charge in [-0.25, -0.2) is 0 Å². The Morgan fingerprint density at radius 2 is 1.92 bits per heavy atom. The highest BCUT2D eigenvalue weighted by atomic mass is 15.1. The number of benzene rings is 1. The van der Waals surface area contributed by atoms with Crippen LogP contribution < -0.4 is 4.90 Å². The van der Waals surface area contributed by atoms with Gasteiger partial charge in [-0.05, 0) is 36.8 Å². The van der Waals surface area contributed by atoms with Gasteiger partial charge in [0.05, 0.1) is 0 Å². The van der Waals surface area contributed by atoms with Gasteiger partial charge in [0.2, 0.25) is 0 Å². The molecule has 0 heterocycles. The van der Waals surface area contributed by atoms with E-state index in [1.54, 1.807) is 5.56 Å². The lowest BCUT2D eigenvalue weighted by atomic mass is 10.0. The SMILES string of the molecule is Cc1cccc(C2CC2)c1N(C)C. The van der Waals surface area contributed by atoms with Crippen molar-refractivity contribution >= 4 is 5.69 Å². The van der Waals surface area contributed by atoms with Crippen LogP contribution in [0.2, 0.25) is 0 Å². The quantitative estimate of drug-likeness (QED) is 0.668. The van der Waals surface area contributed by atoms with Gasteiger partial charge >= 0.3 is 0 Å². The Kier molecular flexibility index (Phi) is 2.03. The van der Waals surface area contributed by atoms with E-state index in [0.717, 1.165) is 5.92 Å². The number of anilines is 1. The average molecular weight is 175 g/mol. The average Bonchev–Trinajstić information content (AvgIpc) is 2.85. The number of para-hydroxylation sites is 1. The molecule has 1 saturated carbocycles. The summed E-state index contributed by atoms with van der Waals surface area (Å²) in [5.74, 6) is 0.845. The molecule has 1 aliphatic rings. The molecular weight excluding hydrogens is 158 g/mol. The van der Waals surface area contributed by atoms with Crippen molar-refractivity contribution in [1.82, 2.24) is 0 Å². The topological polar surface area (TPSA) is 3.24 Å². The summed E-state index contributed by atoms with van der Waals surface area (Å²) in [4.78, 5) is 2.24. The van der Waals surface area contributed by atoms with E-state index in [4.69, 9.17) is 0 Å². The first kappa shape index (κ1) is 8.61. The summed E-state index contributed by atoms with van der Waals surface area (Å²) in [5.41, 5.74) is 4.38. The molecule has 0 amide bonds. The zero-order valence-electron chi connectivity index (χ0n) is 8.67. The second-order valence-electron chi connectivity index (χ2n) is 4.18. The lowest BCUT2D eigenvalue weighted by molar-refractivity contribution is 1.04. The summed E-state index contributed by atoms with van der Waals surface area (Å²) in [6, 6.07) is 6.65. The molecule has 0 radical (unpaired) electrons. The lowest BCUT2D eigenvalue weighted by Crippen LogP contribution is -2.12. The molecule has 1 aliphatic carbocycles. The van der Waals surface area contributed by atoms with Crippen LogP contribution in [0, 0.1) is 6.92 Å². The maximum atomic E-state index is 2.28. The van der Waals surface area contributed by atoms with Gasteiger partial charge in [-0.2, -0.15) is 0 Å². The highest BCUT2D eigenvalue weighted by molar-refractivity contribution is 5.60. The highest BCUT2D eigenvalue weighted by Gasteiger charge is 2.26. The number of hydrogen-bond acceptors (Lipinski definition) is 1. The molecule has 0 aromatic heterocycles. The Hall–Kier alpha value is -0.980. The molecule has 0 bridgehead atoms. The summed E-state index contributed by atoms with van der Waals surface area (Å²) in [7, 11) is 4.27. The fourth-order valence-corrected chi connectivity index (χ4v) is 2.02. The molecule has 0 spiro atoms. The minimum Gasteiger partial charge on any atom is -0.377 e. The van der Waals surface area contributed by atoms with E-state index in [1.807, 2.05) is 0 Å². The molecule has 1 nitrogen and oxygen atoms in total. The molecule has 1 heteroatoms. The number of hydrogen-bond donors (Lipinski definition) is 0. The van der Waals surface area contributed by atoms with E-state index in [1.165, 1.54) is 24.1 Å². The van der Waals surface area contributed by atoms with Crippen LogP contribution in [0.4, 0.5) is 5.69 Å². The highest BCUT2D eigenvalue weighted by Crippen LogP contribution is 2.44. The van der Waals surface area contributed by atoms with E-state index >= 15 is 0 Å². The summed E-state index contributed by atoms with van der Waals surface area (Å²) in [6.07, 6.45) is 2.76. The van der Waals surface area contributed by atoms with Gasteiger partial charge in [0.15, 0.2) is 0 Å². The molecule has 0 unspecified atom stereocenters. The minimum atomic E-state index is 0.845. The fraction of sp³-hybridized carbons (Fsp3) is 0.500. The fourth-order valence-electron chi connectivity index (χ4n) is 2.02. The Bertz CT molecular complexity index is 311. The number of rotatable bonds is 2. The summed E-state index contributed by atoms with van der Waals surface area (Å²) < 4.78 is 0. The van der Waals surface area contributed by atoms with Crippen LogP contribution in [0.25, 0.3) is 0 Å². The van der Waals surface area contributed by atoms with Crippen molar-refractivity contribution in [3.05, 3.63) is 29.3 Å². The van der Waals surface area contributed by atoms with E-state index in [2.05, 4.69) is 44.1 Å². The Balaban J connectivity index is 2.47. The third kappa shape index (κ3) is 1.55. The van der Waals surface area contributed by atoms with E-state index < -0.39 is 0 Å². The molecule has 0 saturated heterocycles. The van der Waals surface area contributed by atoms with Gasteiger partial charge in [-0.3, -0.25) is 0 Å². The van der Waals surface area contributed by atoms with E-state index in [9.17, 15) is 0 Å². The van der Waals surface area contributed by atoms with Crippen molar-refractivity contribution < 1.29 is 0 Å². The van der Waals surface area contributed by atoms with Crippen LogP contribution in [0.3, 0.4) is 0 Å². The van der Waals surface area contributed by atoms with Crippen LogP contribution in [0.1, 0.15) is 29.9 Å². The second-order valence-corrected chi connectivity index (χ2v) is 4.18. The van der Waals surface area contributed by atoms with E-state index in [0.29, 0.717) is 0 Å². The summed E-state index contributed by atoms with van der Waals surface area (Å²) >= 11 is 0. The molecule has 0 atom stereocenters. The maximum Gasteiger partial charge on any atom is 0.0426 e. The van der Waals surface area contributed by atoms with Gasteiger partial charge in [0.25, 0.3) is 0 Å². The zero-order valence-corrected chi connectivity index (χ0v) is 8.67. The Labute approximate surface area is 80.4 Å². The van der Waals surface area contributed by atoms with Crippen molar-refractivity contribution in [2.75, 3.05) is 19.0 Å². The van der Waals surface area contributed by atoms with Crippen molar-refractivity contribution in [2.45, 2.75) is 25.7 Å². The van der Waals surface area contributed by atoms with Gasteiger partial charge in [0.1, 0.15) is 0 Å². The van der Waals surface area contributed by atoms with Gasteiger partial charge in [0, 0.05) is 19.8 Å². The van der Waals surface area contributed by atoms with E-state index in [-0.39, 0.29) is 0 Å². The van der Waals surface area contributed by atoms with Crippen LogP contribution in [0.15, 0.2) is 18.2 Å². The first-order valence-electron chi connectivity index (χ1n) is 4.97. The van der Waals surface area contributed by atoms with Gasteiger partial charge in [-0.15, -0.1) is 0 Å². The zero-order chi connectivity index (χ0) is 9.42. The predicted octanol–water partition coefficient (Wildman–Crippen LogP) is 2.94. The lowest BCUT2D eigenvalue weighted by Gasteiger charge is -2.19. The predicted molar refractivity (Wildman–Crippen MR) is 57.5 cm³/mol. The first-order valence-corrected chi connectivity index (χ1v) is 4.97. The van der Waals surface area contributed by atoms with Crippen molar-refractivity contribution in [2.24, 2.45) is 0 Å². The normalized spacial score (nSPS) is 15.9. The first-order chi connectivity index (χ1) is 6.20. The smallest absolute Gasteiger partial charge is 0.0426 e. The molecule has 70 valence electrons. The molecule has 1 aromatic carbocycles. The standard InChI is InChI=1S/C12H17N/c1-9-5-4-6-11(10-7-8-10)12(9)13(2)3/h4-6,10H,7-8H2,1-3H3. The largest absolute Gasteiger partial charge is 0.377 e.